The van der Waals surface area contributed by atoms with Gasteiger partial charge in [0.15, 0.2) is 0 Å². The minimum absolute atomic E-state index is 0.325. The number of aliphatic hydroxyl groups excluding tert-OH is 1. The molecule has 0 bridgehead atoms. The molecule has 1 atom stereocenters. The quantitative estimate of drug-likeness (QED) is 0.858. The van der Waals surface area contributed by atoms with Gasteiger partial charge >= 0.3 is 0 Å². The molecule has 3 nitrogen and oxygen atoms in total. The number of methoxy groups -OCH3 is 1. The molecule has 3 heteroatoms. The van der Waals surface area contributed by atoms with Gasteiger partial charge in [-0.25, -0.2) is 0 Å². The van der Waals surface area contributed by atoms with E-state index in [0.29, 0.717) is 6.42 Å². The molecule has 0 fully saturated rings. The van der Waals surface area contributed by atoms with E-state index < -0.39 is 0 Å². The third-order valence-corrected chi connectivity index (χ3v) is 2.84. The number of benzene rings is 1. The maximum Gasteiger partial charge on any atom is 0.143 e. The molecule has 1 unspecified atom stereocenters. The fourth-order valence-corrected chi connectivity index (χ4v) is 2.10. The van der Waals surface area contributed by atoms with E-state index in [4.69, 9.17) is 4.74 Å². The molecule has 0 aliphatic carbocycles. The molecule has 2 rings (SSSR count). The summed E-state index contributed by atoms with van der Waals surface area (Å²) in [5.41, 5.74) is 2.20. The van der Waals surface area contributed by atoms with Crippen molar-refractivity contribution in [3.05, 3.63) is 30.0 Å². The topological polar surface area (TPSA) is 34.4 Å². The highest BCUT2D eigenvalue weighted by molar-refractivity contribution is 5.87. The lowest BCUT2D eigenvalue weighted by Gasteiger charge is -2.08. The van der Waals surface area contributed by atoms with Gasteiger partial charge in [0.1, 0.15) is 5.75 Å². The Morgan fingerprint density at radius 3 is 2.81 bits per heavy atom. The lowest BCUT2D eigenvalue weighted by Crippen LogP contribution is -2.08. The van der Waals surface area contributed by atoms with E-state index in [1.165, 1.54) is 0 Å². The summed E-state index contributed by atoms with van der Waals surface area (Å²) in [6.45, 7) is 1.80. The molecule has 0 amide bonds. The van der Waals surface area contributed by atoms with Crippen LogP contribution in [0.5, 0.6) is 5.75 Å². The average Bonchev–Trinajstić information content (AvgIpc) is 2.55. The minimum atomic E-state index is -0.325. The van der Waals surface area contributed by atoms with Gasteiger partial charge in [0.25, 0.3) is 0 Å². The van der Waals surface area contributed by atoms with Gasteiger partial charge in [-0.15, -0.1) is 0 Å². The van der Waals surface area contributed by atoms with Crippen molar-refractivity contribution in [1.82, 2.24) is 4.57 Å². The van der Waals surface area contributed by atoms with Crippen molar-refractivity contribution < 1.29 is 9.84 Å². The van der Waals surface area contributed by atoms with Gasteiger partial charge in [0.2, 0.25) is 0 Å². The van der Waals surface area contributed by atoms with Crippen LogP contribution in [-0.4, -0.2) is 22.9 Å². The highest BCUT2D eigenvalue weighted by atomic mass is 16.5. The monoisotopic (exact) mass is 219 g/mol. The second-order valence-electron chi connectivity index (χ2n) is 4.15. The van der Waals surface area contributed by atoms with E-state index in [1.807, 2.05) is 19.2 Å². The number of fused-ring (bicyclic) bond motifs is 1. The zero-order chi connectivity index (χ0) is 11.7. The van der Waals surface area contributed by atoms with Gasteiger partial charge in [0, 0.05) is 24.5 Å². The Labute approximate surface area is 95.3 Å². The third kappa shape index (κ3) is 1.78. The average molecular weight is 219 g/mol. The normalized spacial score (nSPS) is 13.0. The van der Waals surface area contributed by atoms with Crippen molar-refractivity contribution in [2.45, 2.75) is 19.4 Å². The Hall–Kier alpha value is -1.48. The van der Waals surface area contributed by atoms with Crippen molar-refractivity contribution in [3.63, 3.8) is 0 Å². The maximum atomic E-state index is 9.44. The number of aromatic nitrogens is 1. The standard InChI is InChI=1S/C13H17NO2/c1-9(15)7-11-8-10-5-4-6-12(16-3)13(10)14(11)2/h4-6,8-9,15H,7H2,1-3H3. The number of rotatable bonds is 3. The lowest BCUT2D eigenvalue weighted by molar-refractivity contribution is 0.193. The van der Waals surface area contributed by atoms with Crippen LogP contribution in [0.3, 0.4) is 0 Å². The minimum Gasteiger partial charge on any atom is -0.495 e. The van der Waals surface area contributed by atoms with Crippen LogP contribution in [0.15, 0.2) is 24.3 Å². The zero-order valence-electron chi connectivity index (χ0n) is 9.90. The Bertz CT molecular complexity index is 500. The summed E-state index contributed by atoms with van der Waals surface area (Å²) >= 11 is 0. The Kier molecular flexibility index (Phi) is 2.88. The molecule has 0 saturated carbocycles. The highest BCUT2D eigenvalue weighted by Crippen LogP contribution is 2.28. The summed E-state index contributed by atoms with van der Waals surface area (Å²) < 4.78 is 7.43. The molecule has 1 N–H and O–H groups in total. The smallest absolute Gasteiger partial charge is 0.143 e. The van der Waals surface area contributed by atoms with E-state index in [9.17, 15) is 5.11 Å². The summed E-state index contributed by atoms with van der Waals surface area (Å²) in [7, 11) is 3.68. The van der Waals surface area contributed by atoms with Crippen LogP contribution in [0.25, 0.3) is 10.9 Å². The van der Waals surface area contributed by atoms with Crippen LogP contribution in [0, 0.1) is 0 Å². The first-order valence-corrected chi connectivity index (χ1v) is 5.43. The number of aryl methyl sites for hydroxylation is 1. The molecule has 16 heavy (non-hydrogen) atoms. The molecule has 0 aliphatic rings. The Balaban J connectivity index is 2.59. The van der Waals surface area contributed by atoms with Crippen molar-refractivity contribution >= 4 is 10.9 Å². The molecule has 1 heterocycles. The van der Waals surface area contributed by atoms with Gasteiger partial charge in [-0.2, -0.15) is 0 Å². The Morgan fingerprint density at radius 2 is 2.19 bits per heavy atom. The van der Waals surface area contributed by atoms with Gasteiger partial charge in [-0.05, 0) is 19.1 Å². The second kappa shape index (κ2) is 4.18. The number of hydrogen-bond acceptors (Lipinski definition) is 2. The molecule has 0 aliphatic heterocycles. The predicted molar refractivity (Wildman–Crippen MR) is 64.9 cm³/mol. The number of para-hydroxylation sites is 1. The molecule has 0 saturated heterocycles. The van der Waals surface area contributed by atoms with Crippen molar-refractivity contribution in [3.8, 4) is 5.75 Å². The molecule has 0 spiro atoms. The molecular weight excluding hydrogens is 202 g/mol. The Morgan fingerprint density at radius 1 is 1.44 bits per heavy atom. The van der Waals surface area contributed by atoms with E-state index >= 15 is 0 Å². The number of nitrogens with zero attached hydrogens (tertiary/aromatic N) is 1. The molecule has 86 valence electrons. The van der Waals surface area contributed by atoms with Crippen molar-refractivity contribution in [2.24, 2.45) is 7.05 Å². The first-order chi connectivity index (χ1) is 7.63. The summed E-state index contributed by atoms with van der Waals surface area (Å²) in [6.07, 6.45) is 0.336. The summed E-state index contributed by atoms with van der Waals surface area (Å²) in [5.74, 6) is 0.872. The third-order valence-electron chi connectivity index (χ3n) is 2.84. The van der Waals surface area contributed by atoms with Crippen LogP contribution in [0.2, 0.25) is 0 Å². The maximum absolute atomic E-state index is 9.44. The first-order valence-electron chi connectivity index (χ1n) is 5.43. The zero-order valence-corrected chi connectivity index (χ0v) is 9.90. The van der Waals surface area contributed by atoms with Gasteiger partial charge in [-0.3, -0.25) is 0 Å². The molecular formula is C13H17NO2. The SMILES string of the molecule is COc1cccc2cc(CC(C)O)n(C)c12. The first kappa shape index (κ1) is 11.0. The highest BCUT2D eigenvalue weighted by Gasteiger charge is 2.11. The molecule has 1 aromatic heterocycles. The fraction of sp³-hybridized carbons (Fsp3) is 0.385. The fourth-order valence-electron chi connectivity index (χ4n) is 2.10. The van der Waals surface area contributed by atoms with Crippen LogP contribution in [-0.2, 0) is 13.5 Å². The van der Waals surface area contributed by atoms with Gasteiger partial charge in [0.05, 0.1) is 18.7 Å². The van der Waals surface area contributed by atoms with Crippen LogP contribution in [0.4, 0.5) is 0 Å². The van der Waals surface area contributed by atoms with Crippen LogP contribution < -0.4 is 4.74 Å². The molecule has 0 radical (unpaired) electrons. The lowest BCUT2D eigenvalue weighted by atomic mass is 10.2. The van der Waals surface area contributed by atoms with Gasteiger partial charge in [-0.1, -0.05) is 12.1 Å². The van der Waals surface area contributed by atoms with Crippen LogP contribution >= 0.6 is 0 Å². The summed E-state index contributed by atoms with van der Waals surface area (Å²) in [4.78, 5) is 0. The van der Waals surface area contributed by atoms with Crippen LogP contribution in [0.1, 0.15) is 12.6 Å². The number of aliphatic hydroxyl groups is 1. The predicted octanol–water partition coefficient (Wildman–Crippen LogP) is 2.11. The van der Waals surface area contributed by atoms with E-state index in [-0.39, 0.29) is 6.10 Å². The van der Waals surface area contributed by atoms with E-state index in [1.54, 1.807) is 14.0 Å². The largest absolute Gasteiger partial charge is 0.495 e. The van der Waals surface area contributed by atoms with Crippen molar-refractivity contribution in [1.29, 1.82) is 0 Å². The van der Waals surface area contributed by atoms with Crippen molar-refractivity contribution in [2.75, 3.05) is 7.11 Å². The van der Waals surface area contributed by atoms with E-state index in [2.05, 4.69) is 16.7 Å². The second-order valence-corrected chi connectivity index (χ2v) is 4.15. The van der Waals surface area contributed by atoms with Gasteiger partial charge < -0.3 is 14.4 Å². The van der Waals surface area contributed by atoms with E-state index in [0.717, 1.165) is 22.3 Å². The summed E-state index contributed by atoms with van der Waals surface area (Å²) in [6, 6.07) is 8.09. The molecule has 2 aromatic rings. The number of ether oxygens (including phenoxy) is 1. The number of hydrogen-bond donors (Lipinski definition) is 1. The summed E-state index contributed by atoms with van der Waals surface area (Å²) in [5, 5.41) is 10.6. The molecule has 1 aromatic carbocycles.